The summed E-state index contributed by atoms with van der Waals surface area (Å²) in [5.41, 5.74) is 1.53. The molecule has 1 aromatic rings. The van der Waals surface area contributed by atoms with Crippen molar-refractivity contribution in [3.63, 3.8) is 0 Å². The first-order chi connectivity index (χ1) is 7.81. The summed E-state index contributed by atoms with van der Waals surface area (Å²) >= 11 is 1.45. The summed E-state index contributed by atoms with van der Waals surface area (Å²) in [6.07, 6.45) is 4.83. The Bertz CT molecular complexity index is 472. The Kier molecular flexibility index (Phi) is 1.89. The van der Waals surface area contributed by atoms with Crippen LogP contribution in [0.25, 0.3) is 0 Å². The summed E-state index contributed by atoms with van der Waals surface area (Å²) < 4.78 is 6.33. The number of benzene rings is 1. The molecule has 0 radical (unpaired) electrons. The molecule has 0 aromatic heterocycles. The first kappa shape index (κ1) is 9.94. The van der Waals surface area contributed by atoms with Gasteiger partial charge in [0, 0.05) is 0 Å². The van der Waals surface area contributed by atoms with E-state index in [-0.39, 0.29) is 4.50 Å². The second-order valence-electron chi connectivity index (χ2n) is 4.49. The van der Waals surface area contributed by atoms with Crippen molar-refractivity contribution in [3.8, 4) is 0 Å². The van der Waals surface area contributed by atoms with E-state index < -0.39 is 0 Å². The van der Waals surface area contributed by atoms with Crippen LogP contribution in [-0.2, 0) is 9.05 Å². The molecule has 1 aliphatic carbocycles. The number of methoxy groups -OCH3 is 1. The predicted octanol–water partition coefficient (Wildman–Crippen LogP) is 1.81. The summed E-state index contributed by atoms with van der Waals surface area (Å²) in [7, 11) is 1.87. The Morgan fingerprint density at radius 1 is 1.06 bits per heavy atom. The Morgan fingerprint density at radius 2 is 1.88 bits per heavy atom. The second-order valence-corrected chi connectivity index (χ2v) is 10.4. The van der Waals surface area contributed by atoms with Crippen LogP contribution in [0.1, 0.15) is 5.56 Å². The Morgan fingerprint density at radius 3 is 2.62 bits per heavy atom. The molecule has 0 amide bonds. The first-order valence-electron chi connectivity index (χ1n) is 5.47. The number of rotatable bonds is 2. The molecule has 16 heavy (non-hydrogen) atoms. The number of hydrogen-bond acceptors (Lipinski definition) is 1. The van der Waals surface area contributed by atoms with Crippen molar-refractivity contribution < 1.29 is 4.74 Å². The average Bonchev–Trinajstić information content (AvgIpc) is 3.22. The molecule has 2 fully saturated rings. The summed E-state index contributed by atoms with van der Waals surface area (Å²) in [5, 5.41) is 0. The van der Waals surface area contributed by atoms with Crippen molar-refractivity contribution in [2.75, 3.05) is 7.11 Å². The van der Waals surface area contributed by atoms with Gasteiger partial charge in [0.1, 0.15) is 0 Å². The van der Waals surface area contributed by atoms with Gasteiger partial charge >= 0.3 is 108 Å². The quantitative estimate of drug-likeness (QED) is 0.589. The van der Waals surface area contributed by atoms with Gasteiger partial charge in [-0.15, -0.1) is 0 Å². The predicted molar refractivity (Wildman–Crippen MR) is 66.0 cm³/mol. The number of fused-ring (bicyclic) bond motifs is 3. The van der Waals surface area contributed by atoms with Gasteiger partial charge in [0.2, 0.25) is 0 Å². The van der Waals surface area contributed by atoms with E-state index in [1.165, 1.54) is 5.56 Å². The fraction of sp³-hybridized carbons (Fsp3) is 0.385. The van der Waals surface area contributed by atoms with Crippen LogP contribution < -0.4 is 0 Å². The van der Waals surface area contributed by atoms with Gasteiger partial charge < -0.3 is 0 Å². The van der Waals surface area contributed by atoms with E-state index in [2.05, 4.69) is 42.5 Å². The molecule has 4 atom stereocenters. The zero-order chi connectivity index (χ0) is 10.8. The van der Waals surface area contributed by atoms with Gasteiger partial charge in [0.25, 0.3) is 0 Å². The second kappa shape index (κ2) is 3.04. The molecule has 0 saturated carbocycles. The van der Waals surface area contributed by atoms with E-state index in [9.17, 15) is 0 Å². The summed E-state index contributed by atoms with van der Waals surface area (Å²) in [6.45, 7) is 0. The molecule has 2 heterocycles. The maximum absolute atomic E-state index is 5.68. The molecule has 3 aliphatic rings. The molecule has 0 spiro atoms. The maximum atomic E-state index is 5.68. The minimum absolute atomic E-state index is 0.203. The van der Waals surface area contributed by atoms with Crippen LogP contribution >= 0.6 is 0 Å². The summed E-state index contributed by atoms with van der Waals surface area (Å²) in [6, 6.07) is 11.0. The molecule has 0 bridgehead atoms. The number of hydrogen-bond donors (Lipinski definition) is 0. The zero-order valence-electron chi connectivity index (χ0n) is 8.92. The van der Waals surface area contributed by atoms with Crippen molar-refractivity contribution in [1.82, 2.24) is 0 Å². The zero-order valence-corrected chi connectivity index (χ0v) is 12.3. The van der Waals surface area contributed by atoms with Gasteiger partial charge in [-0.05, 0) is 0 Å². The molecule has 4 rings (SSSR count). The van der Waals surface area contributed by atoms with Crippen molar-refractivity contribution in [2.24, 2.45) is 0 Å². The molecule has 4 unspecified atom stereocenters. The number of ether oxygens (including phenoxy) is 1. The molecule has 2 aliphatic heterocycles. The van der Waals surface area contributed by atoms with Crippen LogP contribution in [0.3, 0.4) is 0 Å². The molecule has 1 aromatic carbocycles. The average molecular weight is 342 g/mol. The van der Waals surface area contributed by atoms with Gasteiger partial charge in [-0.1, -0.05) is 0 Å². The van der Waals surface area contributed by atoms with Crippen molar-refractivity contribution in [2.45, 2.75) is 18.4 Å². The topological polar surface area (TPSA) is 9.23 Å². The summed E-state index contributed by atoms with van der Waals surface area (Å²) in [4.78, 5) is 1.79. The SMILES string of the molecule is COC12C=CC3(c4ccccc4)[Se]C3C1[Se]2. The van der Waals surface area contributed by atoms with Crippen molar-refractivity contribution in [3.05, 3.63) is 48.0 Å². The van der Waals surface area contributed by atoms with Crippen LogP contribution in [0.15, 0.2) is 42.5 Å². The molecule has 82 valence electrons. The van der Waals surface area contributed by atoms with Gasteiger partial charge in [-0.2, -0.15) is 0 Å². The molecular formula is C13H12OSe2. The third-order valence-electron chi connectivity index (χ3n) is 3.72. The van der Waals surface area contributed by atoms with Gasteiger partial charge in [-0.25, -0.2) is 0 Å². The minimum atomic E-state index is 0.203. The van der Waals surface area contributed by atoms with Crippen LogP contribution in [0.4, 0.5) is 0 Å². The van der Waals surface area contributed by atoms with E-state index in [4.69, 9.17) is 4.74 Å². The van der Waals surface area contributed by atoms with Gasteiger partial charge in [0.15, 0.2) is 0 Å². The van der Waals surface area contributed by atoms with Gasteiger partial charge in [0.05, 0.1) is 0 Å². The Labute approximate surface area is 108 Å². The standard InChI is InChI=1S/C13H12OSe2/c1-14-13-8-7-12(9-5-3-2-4-6-9)10(15-12)11(13)16-13/h2-8,10-11H,1H3. The van der Waals surface area contributed by atoms with Crippen molar-refractivity contribution in [1.29, 1.82) is 0 Å². The van der Waals surface area contributed by atoms with Gasteiger partial charge in [-0.3, -0.25) is 0 Å². The third kappa shape index (κ3) is 1.11. The first-order valence-corrected chi connectivity index (χ1v) is 9.17. The van der Waals surface area contributed by atoms with Crippen LogP contribution in [0.5, 0.6) is 0 Å². The fourth-order valence-corrected chi connectivity index (χ4v) is 10.4. The van der Waals surface area contributed by atoms with E-state index in [1.54, 1.807) is 0 Å². The number of allylic oxidation sites excluding steroid dienone is 1. The molecule has 1 nitrogen and oxygen atoms in total. The van der Waals surface area contributed by atoms with E-state index in [1.807, 2.05) is 7.11 Å². The Hall–Kier alpha value is -0.0410. The monoisotopic (exact) mass is 344 g/mol. The van der Waals surface area contributed by atoms with Crippen molar-refractivity contribution >= 4 is 29.9 Å². The molecule has 3 heteroatoms. The molecule has 2 saturated heterocycles. The van der Waals surface area contributed by atoms with E-state index >= 15 is 0 Å². The normalized spacial score (nSPS) is 47.1. The van der Waals surface area contributed by atoms with E-state index in [0.29, 0.717) is 19.3 Å². The van der Waals surface area contributed by atoms with Crippen LogP contribution in [0, 0.1) is 0 Å². The van der Waals surface area contributed by atoms with Crippen LogP contribution in [0.2, 0.25) is 9.63 Å². The third-order valence-corrected chi connectivity index (χ3v) is 11.3. The summed E-state index contributed by atoms with van der Waals surface area (Å²) in [5.74, 6) is 0. The molecular weight excluding hydrogens is 330 g/mol. The fourth-order valence-electron chi connectivity index (χ4n) is 2.67. The Balaban J connectivity index is 1.74. The molecule has 0 N–H and O–H groups in total. The van der Waals surface area contributed by atoms with Crippen LogP contribution in [-0.4, -0.2) is 41.5 Å². The van der Waals surface area contributed by atoms with E-state index in [0.717, 1.165) is 24.6 Å².